The van der Waals surface area contributed by atoms with Crippen molar-refractivity contribution < 1.29 is 9.32 Å². The van der Waals surface area contributed by atoms with Crippen LogP contribution in [0.3, 0.4) is 0 Å². The first-order valence-electron chi connectivity index (χ1n) is 6.92. The van der Waals surface area contributed by atoms with Gasteiger partial charge in [0.2, 0.25) is 5.88 Å². The van der Waals surface area contributed by atoms with Crippen LogP contribution in [-0.2, 0) is 13.5 Å². The molecule has 5 nitrogen and oxygen atoms in total. The van der Waals surface area contributed by atoms with Crippen molar-refractivity contribution in [1.29, 1.82) is 0 Å². The Balaban J connectivity index is 1.97. The van der Waals surface area contributed by atoms with Crippen molar-refractivity contribution in [1.82, 2.24) is 9.72 Å². The van der Waals surface area contributed by atoms with Crippen LogP contribution in [0.25, 0.3) is 10.9 Å². The average molecular weight is 283 g/mol. The Kier molecular flexibility index (Phi) is 3.25. The molecule has 2 aromatic heterocycles. The third-order valence-electron chi connectivity index (χ3n) is 3.74. The van der Waals surface area contributed by atoms with Crippen LogP contribution in [0.4, 0.5) is 5.88 Å². The fraction of sp³-hybridized carbons (Fsp3) is 0.250. The number of fused-ring (bicyclic) bond motifs is 1. The third-order valence-corrected chi connectivity index (χ3v) is 3.74. The van der Waals surface area contributed by atoms with Gasteiger partial charge in [-0.15, -0.1) is 0 Å². The molecule has 0 aliphatic rings. The first kappa shape index (κ1) is 13.4. The van der Waals surface area contributed by atoms with Gasteiger partial charge in [0.05, 0.1) is 5.69 Å². The molecule has 1 amide bonds. The summed E-state index contributed by atoms with van der Waals surface area (Å²) in [5.74, 6) is 0.255. The molecule has 0 aliphatic heterocycles. The maximum absolute atomic E-state index is 12.5. The molecule has 3 rings (SSSR count). The highest BCUT2D eigenvalue weighted by Crippen LogP contribution is 2.23. The molecule has 0 saturated heterocycles. The molecule has 108 valence electrons. The van der Waals surface area contributed by atoms with E-state index in [0.29, 0.717) is 11.4 Å². The van der Waals surface area contributed by atoms with E-state index in [1.54, 1.807) is 0 Å². The topological polar surface area (TPSA) is 60.1 Å². The van der Waals surface area contributed by atoms with Gasteiger partial charge < -0.3 is 9.09 Å². The van der Waals surface area contributed by atoms with E-state index in [4.69, 9.17) is 4.52 Å². The van der Waals surface area contributed by atoms with Crippen LogP contribution in [0.5, 0.6) is 0 Å². The van der Waals surface area contributed by atoms with Crippen molar-refractivity contribution in [2.75, 3.05) is 5.32 Å². The molecule has 3 aromatic rings. The summed E-state index contributed by atoms with van der Waals surface area (Å²) in [5.41, 5.74) is 3.39. The van der Waals surface area contributed by atoms with E-state index in [1.165, 1.54) is 0 Å². The van der Waals surface area contributed by atoms with E-state index in [9.17, 15) is 4.79 Å². The highest BCUT2D eigenvalue weighted by atomic mass is 16.5. The van der Waals surface area contributed by atoms with Gasteiger partial charge in [-0.3, -0.25) is 10.1 Å². The Hall–Kier alpha value is -2.56. The number of carbonyl (C=O) groups is 1. The van der Waals surface area contributed by atoms with Gasteiger partial charge in [0.25, 0.3) is 5.91 Å². The summed E-state index contributed by atoms with van der Waals surface area (Å²) in [6.07, 6.45) is 2.71. The largest absolute Gasteiger partial charge is 0.351 e. The maximum atomic E-state index is 12.5. The zero-order valence-electron chi connectivity index (χ0n) is 12.3. The Bertz CT molecular complexity index is 814. The molecule has 0 aliphatic carbocycles. The molecular weight excluding hydrogens is 266 g/mol. The lowest BCUT2D eigenvalue weighted by Gasteiger charge is -2.05. The maximum Gasteiger partial charge on any atom is 0.258 e. The molecule has 0 bridgehead atoms. The number of aromatic nitrogens is 2. The molecule has 1 aromatic carbocycles. The smallest absolute Gasteiger partial charge is 0.258 e. The molecule has 0 saturated carbocycles. The van der Waals surface area contributed by atoms with Crippen LogP contribution >= 0.6 is 0 Å². The van der Waals surface area contributed by atoms with Gasteiger partial charge in [0.15, 0.2) is 0 Å². The van der Waals surface area contributed by atoms with Crippen LogP contribution in [0.1, 0.15) is 28.5 Å². The average Bonchev–Trinajstić information content (AvgIpc) is 3.02. The predicted octanol–water partition coefficient (Wildman–Crippen LogP) is 3.29. The van der Waals surface area contributed by atoms with Crippen molar-refractivity contribution in [2.45, 2.75) is 20.3 Å². The third kappa shape index (κ3) is 2.20. The number of hydrogen-bond acceptors (Lipinski definition) is 3. The molecule has 2 heterocycles. The van der Waals surface area contributed by atoms with E-state index < -0.39 is 0 Å². The van der Waals surface area contributed by atoms with Crippen molar-refractivity contribution in [3.05, 3.63) is 47.3 Å². The Morgan fingerprint density at radius 1 is 1.38 bits per heavy atom. The Morgan fingerprint density at radius 3 is 2.95 bits per heavy atom. The van der Waals surface area contributed by atoms with Crippen LogP contribution < -0.4 is 5.32 Å². The van der Waals surface area contributed by atoms with Crippen LogP contribution in [0, 0.1) is 6.92 Å². The van der Waals surface area contributed by atoms with Crippen molar-refractivity contribution in [3.63, 3.8) is 0 Å². The zero-order valence-corrected chi connectivity index (χ0v) is 12.3. The van der Waals surface area contributed by atoms with E-state index in [0.717, 1.165) is 28.6 Å². The number of hydrogen-bond donors (Lipinski definition) is 1. The van der Waals surface area contributed by atoms with Gasteiger partial charge >= 0.3 is 0 Å². The number of nitrogens with zero attached hydrogens (tertiary/aromatic N) is 2. The summed E-state index contributed by atoms with van der Waals surface area (Å²) in [4.78, 5) is 12.5. The molecule has 1 N–H and O–H groups in total. The fourth-order valence-corrected chi connectivity index (χ4v) is 2.57. The summed E-state index contributed by atoms with van der Waals surface area (Å²) in [7, 11) is 1.96. The summed E-state index contributed by atoms with van der Waals surface area (Å²) in [6.45, 7) is 3.88. The predicted molar refractivity (Wildman–Crippen MR) is 81.5 cm³/mol. The fourth-order valence-electron chi connectivity index (χ4n) is 2.57. The van der Waals surface area contributed by atoms with Crippen LogP contribution in [-0.4, -0.2) is 15.6 Å². The van der Waals surface area contributed by atoms with E-state index in [2.05, 4.69) is 10.5 Å². The lowest BCUT2D eigenvalue weighted by atomic mass is 10.1. The lowest BCUT2D eigenvalue weighted by molar-refractivity contribution is 0.102. The van der Waals surface area contributed by atoms with Gasteiger partial charge in [-0.2, -0.15) is 0 Å². The zero-order chi connectivity index (χ0) is 15.0. The molecule has 0 atom stereocenters. The van der Waals surface area contributed by atoms with Crippen molar-refractivity contribution >= 4 is 22.7 Å². The monoisotopic (exact) mass is 283 g/mol. The molecule has 5 heteroatoms. The molecule has 0 fully saturated rings. The quantitative estimate of drug-likeness (QED) is 0.802. The Labute approximate surface area is 122 Å². The molecule has 0 unspecified atom stereocenters. The second-order valence-electron chi connectivity index (χ2n) is 5.05. The van der Waals surface area contributed by atoms with Gasteiger partial charge in [-0.1, -0.05) is 18.1 Å². The molecule has 0 radical (unpaired) electrons. The van der Waals surface area contributed by atoms with Crippen molar-refractivity contribution in [3.8, 4) is 0 Å². The van der Waals surface area contributed by atoms with Gasteiger partial charge in [-0.05, 0) is 31.5 Å². The summed E-state index contributed by atoms with van der Waals surface area (Å²) >= 11 is 0. The molecule has 21 heavy (non-hydrogen) atoms. The summed E-state index contributed by atoms with van der Waals surface area (Å²) < 4.78 is 7.20. The lowest BCUT2D eigenvalue weighted by Crippen LogP contribution is -2.12. The minimum atomic E-state index is -0.183. The number of aryl methyl sites for hydroxylation is 2. The SMILES string of the molecule is CCc1c(C)noc1NC(=O)c1cccc2c1ccn2C. The number of benzene rings is 1. The standard InChI is InChI=1S/C16H17N3O2/c1-4-11-10(2)18-21-16(11)17-15(20)13-6-5-7-14-12(13)8-9-19(14)3/h5-9H,4H2,1-3H3,(H,17,20). The second kappa shape index (κ2) is 5.09. The van der Waals surface area contributed by atoms with E-state index >= 15 is 0 Å². The highest BCUT2D eigenvalue weighted by molar-refractivity contribution is 6.12. The van der Waals surface area contributed by atoms with Gasteiger partial charge in [-0.25, -0.2) is 0 Å². The second-order valence-corrected chi connectivity index (χ2v) is 5.05. The molecular formula is C16H17N3O2. The van der Waals surface area contributed by atoms with Crippen LogP contribution in [0.2, 0.25) is 0 Å². The van der Waals surface area contributed by atoms with E-state index in [-0.39, 0.29) is 5.91 Å². The minimum Gasteiger partial charge on any atom is -0.351 e. The number of nitrogens with one attached hydrogen (secondary N) is 1. The normalized spacial score (nSPS) is 11.0. The van der Waals surface area contributed by atoms with Gasteiger partial charge in [0.1, 0.15) is 0 Å². The number of anilines is 1. The first-order valence-corrected chi connectivity index (χ1v) is 6.92. The number of carbonyl (C=O) groups excluding carboxylic acids is 1. The summed E-state index contributed by atoms with van der Waals surface area (Å²) in [6, 6.07) is 7.62. The summed E-state index contributed by atoms with van der Waals surface area (Å²) in [5, 5.41) is 7.65. The van der Waals surface area contributed by atoms with E-state index in [1.807, 2.05) is 55.9 Å². The number of amides is 1. The Morgan fingerprint density at radius 2 is 2.19 bits per heavy atom. The molecule has 0 spiro atoms. The number of rotatable bonds is 3. The first-order chi connectivity index (χ1) is 10.1. The minimum absolute atomic E-state index is 0.183. The highest BCUT2D eigenvalue weighted by Gasteiger charge is 2.17. The van der Waals surface area contributed by atoms with Gasteiger partial charge in [0, 0.05) is 35.3 Å². The van der Waals surface area contributed by atoms with Crippen molar-refractivity contribution in [2.24, 2.45) is 7.05 Å². The van der Waals surface area contributed by atoms with Crippen LogP contribution in [0.15, 0.2) is 35.0 Å².